The lowest BCUT2D eigenvalue weighted by molar-refractivity contribution is -1.13. The minimum absolute atomic E-state index is 0.0808. The van der Waals surface area contributed by atoms with Gasteiger partial charge in [-0.05, 0) is 12.8 Å². The van der Waals surface area contributed by atoms with Gasteiger partial charge in [-0.25, -0.2) is 4.84 Å². The molecule has 0 unspecified atom stereocenters. The Morgan fingerprint density at radius 1 is 0.615 bits per heavy atom. The maximum Gasteiger partial charge on any atom is 0.135 e. The van der Waals surface area contributed by atoms with Crippen LogP contribution in [0.1, 0.15) is 127 Å². The minimum Gasteiger partial charge on any atom is -0.550 e. The van der Waals surface area contributed by atoms with E-state index in [1.165, 1.54) is 107 Å². The molecule has 2 rings (SSSR count). The molecule has 4 heteroatoms. The van der Waals surface area contributed by atoms with Crippen molar-refractivity contribution in [3.05, 3.63) is 71.8 Å². The normalized spacial score (nSPS) is 11.6. The summed E-state index contributed by atoms with van der Waals surface area (Å²) in [5.41, 5.74) is 2.41. The van der Waals surface area contributed by atoms with Crippen molar-refractivity contribution < 1.29 is 19.4 Å². The molecule has 0 fully saturated rings. The van der Waals surface area contributed by atoms with E-state index in [1.807, 2.05) is 12.1 Å². The van der Waals surface area contributed by atoms with Crippen molar-refractivity contribution in [2.24, 2.45) is 0 Å². The molecule has 2 aromatic rings. The molecular weight excluding hydrogens is 482 g/mol. The fourth-order valence-corrected chi connectivity index (χ4v) is 5.47. The minimum atomic E-state index is -1.06. The molecule has 39 heavy (non-hydrogen) atoms. The Kier molecular flexibility index (Phi) is 18.3. The van der Waals surface area contributed by atoms with Gasteiger partial charge in [0, 0.05) is 23.5 Å². The third kappa shape index (κ3) is 16.5. The van der Waals surface area contributed by atoms with Crippen LogP contribution in [0.2, 0.25) is 0 Å². The van der Waals surface area contributed by atoms with Crippen LogP contribution in [0.3, 0.4) is 0 Å². The second-order valence-corrected chi connectivity index (χ2v) is 11.3. The molecule has 0 aromatic heterocycles. The highest BCUT2D eigenvalue weighted by Gasteiger charge is 2.30. The van der Waals surface area contributed by atoms with Crippen LogP contribution >= 0.6 is 0 Å². The second kappa shape index (κ2) is 21.6. The summed E-state index contributed by atoms with van der Waals surface area (Å²) in [6, 6.07) is 20.8. The predicted molar refractivity (Wildman–Crippen MR) is 161 cm³/mol. The SMILES string of the molecule is CCCCCCCCCCCCCCCCCC[N+](Cc1ccccc1)(Cc1ccccc1)OCCC(=O)[O-]. The molecule has 4 nitrogen and oxygen atoms in total. The van der Waals surface area contributed by atoms with Gasteiger partial charge in [-0.1, -0.05) is 157 Å². The molecule has 0 aliphatic rings. The zero-order valence-corrected chi connectivity index (χ0v) is 24.8. The van der Waals surface area contributed by atoms with Crippen molar-refractivity contribution in [1.29, 1.82) is 0 Å². The number of rotatable bonds is 25. The van der Waals surface area contributed by atoms with Gasteiger partial charge in [0.05, 0.1) is 0 Å². The molecule has 0 N–H and O–H groups in total. The molecule has 0 aliphatic carbocycles. The second-order valence-electron chi connectivity index (χ2n) is 11.3. The summed E-state index contributed by atoms with van der Waals surface area (Å²) in [5, 5.41) is 11.1. The number of unbranched alkanes of at least 4 members (excludes halogenated alkanes) is 15. The first-order valence-electron chi connectivity index (χ1n) is 15.9. The number of hydroxylamine groups is 3. The van der Waals surface area contributed by atoms with Crippen molar-refractivity contribution in [1.82, 2.24) is 0 Å². The third-order valence-electron chi connectivity index (χ3n) is 7.72. The summed E-state index contributed by atoms with van der Waals surface area (Å²) < 4.78 is 0.417. The monoisotopic (exact) mass is 537 g/mol. The fraction of sp³-hybridized carbons (Fsp3) is 0.629. The molecule has 2 aromatic carbocycles. The molecule has 0 amide bonds. The number of aliphatic carboxylic acids is 1. The van der Waals surface area contributed by atoms with Crippen LogP contribution in [0.4, 0.5) is 0 Å². The number of quaternary nitrogens is 1. The predicted octanol–water partition coefficient (Wildman–Crippen LogP) is 8.54. The van der Waals surface area contributed by atoms with Gasteiger partial charge in [0.25, 0.3) is 0 Å². The number of carboxylic acid groups (broad SMARTS) is 1. The summed E-state index contributed by atoms with van der Waals surface area (Å²) in [7, 11) is 0. The van der Waals surface area contributed by atoms with Gasteiger partial charge in [-0.15, -0.1) is 0 Å². The standard InChI is InChI=1S/C35H55NO3/c1-2-3-4-5-6-7-8-9-10-11-12-13-14-15-16-23-29-36(39-30-28-35(37)38,31-33-24-19-17-20-25-33)32-34-26-21-18-22-27-34/h17-22,24-27H,2-16,23,28-32H2,1H3. The van der Waals surface area contributed by atoms with Gasteiger partial charge >= 0.3 is 0 Å². The summed E-state index contributed by atoms with van der Waals surface area (Å²) >= 11 is 0. The van der Waals surface area contributed by atoms with Gasteiger partial charge < -0.3 is 9.90 Å². The van der Waals surface area contributed by atoms with Crippen LogP contribution in [0.25, 0.3) is 0 Å². The van der Waals surface area contributed by atoms with E-state index in [-0.39, 0.29) is 13.0 Å². The first-order chi connectivity index (χ1) is 19.1. The highest BCUT2D eigenvalue weighted by molar-refractivity contribution is 5.64. The highest BCUT2D eigenvalue weighted by atomic mass is 16.7. The quantitative estimate of drug-likeness (QED) is 0.0724. The van der Waals surface area contributed by atoms with E-state index >= 15 is 0 Å². The lowest BCUT2D eigenvalue weighted by Gasteiger charge is -2.36. The highest BCUT2D eigenvalue weighted by Crippen LogP contribution is 2.23. The van der Waals surface area contributed by atoms with E-state index in [0.29, 0.717) is 4.65 Å². The molecule has 0 aliphatic heterocycles. The first-order valence-corrected chi connectivity index (χ1v) is 15.9. The lowest BCUT2D eigenvalue weighted by atomic mass is 10.0. The van der Waals surface area contributed by atoms with E-state index in [0.717, 1.165) is 26.1 Å². The molecule has 0 saturated carbocycles. The van der Waals surface area contributed by atoms with Crippen molar-refractivity contribution in [3.8, 4) is 0 Å². The Morgan fingerprint density at radius 2 is 1.00 bits per heavy atom. The maximum atomic E-state index is 11.1. The molecule has 0 spiro atoms. The van der Waals surface area contributed by atoms with Crippen LogP contribution in [0.5, 0.6) is 0 Å². The zero-order chi connectivity index (χ0) is 27.9. The van der Waals surface area contributed by atoms with Crippen molar-refractivity contribution in [2.45, 2.75) is 129 Å². The van der Waals surface area contributed by atoms with Gasteiger partial charge in [0.2, 0.25) is 0 Å². The molecule has 0 atom stereocenters. The number of nitrogens with zero attached hydrogens (tertiary/aromatic N) is 1. The summed E-state index contributed by atoms with van der Waals surface area (Å²) in [6.45, 7) is 4.77. The van der Waals surface area contributed by atoms with E-state index in [9.17, 15) is 9.90 Å². The maximum absolute atomic E-state index is 11.1. The van der Waals surface area contributed by atoms with Gasteiger partial charge in [0.15, 0.2) is 0 Å². The molecule has 0 radical (unpaired) electrons. The Morgan fingerprint density at radius 3 is 1.38 bits per heavy atom. The molecule has 218 valence electrons. The number of carbonyl (C=O) groups is 1. The number of benzene rings is 2. The van der Waals surface area contributed by atoms with E-state index in [1.54, 1.807) is 0 Å². The summed E-state index contributed by atoms with van der Waals surface area (Å²) in [4.78, 5) is 17.5. The van der Waals surface area contributed by atoms with Crippen molar-refractivity contribution >= 4 is 5.97 Å². The summed E-state index contributed by atoms with van der Waals surface area (Å²) in [5.74, 6) is -1.06. The molecular formula is C35H55NO3. The van der Waals surface area contributed by atoms with Gasteiger partial charge in [-0.2, -0.15) is 4.65 Å². The van der Waals surface area contributed by atoms with Crippen LogP contribution < -0.4 is 5.11 Å². The number of hydrogen-bond donors (Lipinski definition) is 0. The van der Waals surface area contributed by atoms with Crippen LogP contribution in [0, 0.1) is 0 Å². The molecule has 0 bridgehead atoms. The number of carbonyl (C=O) groups excluding carboxylic acids is 1. The van der Waals surface area contributed by atoms with Crippen LogP contribution in [-0.2, 0) is 22.7 Å². The first kappa shape index (κ1) is 33.0. The lowest BCUT2D eigenvalue weighted by Crippen LogP contribution is -2.48. The topological polar surface area (TPSA) is 49.4 Å². The molecule has 0 heterocycles. The van der Waals surface area contributed by atoms with Gasteiger partial charge in [0.1, 0.15) is 26.2 Å². The Hall–Kier alpha value is -2.17. The van der Waals surface area contributed by atoms with Crippen LogP contribution in [0.15, 0.2) is 60.7 Å². The Bertz CT molecular complexity index is 798. The average Bonchev–Trinajstić information content (AvgIpc) is 2.94. The number of hydrogen-bond acceptors (Lipinski definition) is 3. The zero-order valence-electron chi connectivity index (χ0n) is 24.8. The van der Waals surface area contributed by atoms with Gasteiger partial charge in [-0.3, -0.25) is 0 Å². The van der Waals surface area contributed by atoms with E-state index in [4.69, 9.17) is 4.84 Å². The smallest absolute Gasteiger partial charge is 0.135 e. The van der Waals surface area contributed by atoms with Crippen LogP contribution in [-0.4, -0.2) is 23.8 Å². The third-order valence-corrected chi connectivity index (χ3v) is 7.72. The van der Waals surface area contributed by atoms with Crippen molar-refractivity contribution in [3.63, 3.8) is 0 Å². The van der Waals surface area contributed by atoms with Crippen molar-refractivity contribution in [2.75, 3.05) is 13.2 Å². The molecule has 0 saturated heterocycles. The Labute approximate surface area is 239 Å². The van der Waals surface area contributed by atoms with E-state index < -0.39 is 5.97 Å². The largest absolute Gasteiger partial charge is 0.550 e. The Balaban J connectivity index is 1.72. The summed E-state index contributed by atoms with van der Waals surface area (Å²) in [6.07, 6.45) is 21.5. The average molecular weight is 538 g/mol. The fourth-order valence-electron chi connectivity index (χ4n) is 5.47. The number of carboxylic acids is 1. The van der Waals surface area contributed by atoms with E-state index in [2.05, 4.69) is 55.5 Å².